The van der Waals surface area contributed by atoms with Crippen LogP contribution in [-0.4, -0.2) is 70.7 Å². The highest BCUT2D eigenvalue weighted by Crippen LogP contribution is 2.11. The Morgan fingerprint density at radius 1 is 1.21 bits per heavy atom. The van der Waals surface area contributed by atoms with Crippen LogP contribution in [0.4, 0.5) is 0 Å². The summed E-state index contributed by atoms with van der Waals surface area (Å²) in [6, 6.07) is 4.31. The number of sulfone groups is 1. The molecule has 0 bridgehead atoms. The van der Waals surface area contributed by atoms with E-state index >= 15 is 0 Å². The van der Waals surface area contributed by atoms with Crippen LogP contribution in [0.3, 0.4) is 0 Å². The Morgan fingerprint density at radius 3 is 2.32 bits per heavy atom. The molecular weight excluding hydrogens is 406 g/mol. The maximum absolute atomic E-state index is 12.4. The molecule has 0 spiro atoms. The number of carbonyl (C=O) groups excluding carboxylic acids is 2. The van der Waals surface area contributed by atoms with Gasteiger partial charge in [-0.25, -0.2) is 16.8 Å². The zero-order valence-electron chi connectivity index (χ0n) is 15.2. The number of hydrogen-bond acceptors (Lipinski definition) is 6. The Labute approximate surface area is 164 Å². The first kappa shape index (κ1) is 21.9. The predicted molar refractivity (Wildman–Crippen MR) is 103 cm³/mol. The summed E-state index contributed by atoms with van der Waals surface area (Å²) in [5.74, 6) is 1.05. The lowest BCUT2D eigenvalue weighted by Crippen LogP contribution is -2.51. The van der Waals surface area contributed by atoms with Gasteiger partial charge in [-0.3, -0.25) is 9.59 Å². The van der Waals surface area contributed by atoms with Crippen LogP contribution < -0.4 is 10.0 Å². The molecule has 0 saturated carbocycles. The van der Waals surface area contributed by atoms with Crippen LogP contribution >= 0.6 is 0 Å². The van der Waals surface area contributed by atoms with Crippen molar-refractivity contribution in [2.24, 2.45) is 0 Å². The molecule has 2 amide bonds. The first-order chi connectivity index (χ1) is 13.1. The number of benzene rings is 1. The van der Waals surface area contributed by atoms with E-state index < -0.39 is 31.8 Å². The summed E-state index contributed by atoms with van der Waals surface area (Å²) in [5.41, 5.74) is 0.178. The number of nitrogens with zero attached hydrogens (tertiary/aromatic N) is 1. The molecule has 1 aliphatic heterocycles. The van der Waals surface area contributed by atoms with Gasteiger partial charge >= 0.3 is 0 Å². The summed E-state index contributed by atoms with van der Waals surface area (Å²) in [6.07, 6.45) is 5.02. The maximum atomic E-state index is 12.4. The molecular formula is C17H21N3O6S2. The summed E-state index contributed by atoms with van der Waals surface area (Å²) in [5, 5.41) is 2.54. The third-order valence-corrected chi connectivity index (χ3v) is 7.19. The third-order valence-electron chi connectivity index (χ3n) is 4.17. The second-order valence-corrected chi connectivity index (χ2v) is 10.3. The molecule has 1 heterocycles. The number of sulfonamides is 1. The minimum atomic E-state index is -3.76. The highest BCUT2D eigenvalue weighted by molar-refractivity contribution is 7.91. The lowest BCUT2D eigenvalue weighted by atomic mass is 10.2. The van der Waals surface area contributed by atoms with Crippen LogP contribution in [-0.2, 0) is 24.7 Å². The van der Waals surface area contributed by atoms with E-state index in [-0.39, 0.29) is 47.5 Å². The van der Waals surface area contributed by atoms with Gasteiger partial charge < -0.3 is 10.2 Å². The molecule has 152 valence electrons. The van der Waals surface area contributed by atoms with Gasteiger partial charge in [-0.2, -0.15) is 4.72 Å². The van der Waals surface area contributed by atoms with Crippen molar-refractivity contribution >= 4 is 31.7 Å². The van der Waals surface area contributed by atoms with Gasteiger partial charge in [-0.05, 0) is 31.2 Å². The number of amides is 2. The highest BCUT2D eigenvalue weighted by atomic mass is 32.2. The van der Waals surface area contributed by atoms with E-state index in [4.69, 9.17) is 6.42 Å². The summed E-state index contributed by atoms with van der Waals surface area (Å²) < 4.78 is 49.0. The third kappa shape index (κ3) is 5.54. The van der Waals surface area contributed by atoms with E-state index in [1.54, 1.807) is 0 Å². The van der Waals surface area contributed by atoms with Crippen LogP contribution in [0.25, 0.3) is 0 Å². The molecule has 1 saturated heterocycles. The van der Waals surface area contributed by atoms with Crippen molar-refractivity contribution in [2.75, 3.05) is 31.1 Å². The zero-order valence-corrected chi connectivity index (χ0v) is 16.8. The first-order valence-electron chi connectivity index (χ1n) is 8.39. The highest BCUT2D eigenvalue weighted by Gasteiger charge is 2.28. The van der Waals surface area contributed by atoms with Gasteiger partial charge in [0.1, 0.15) is 6.04 Å². The van der Waals surface area contributed by atoms with Crippen molar-refractivity contribution < 1.29 is 26.4 Å². The van der Waals surface area contributed by atoms with Crippen molar-refractivity contribution in [3.63, 3.8) is 0 Å². The van der Waals surface area contributed by atoms with Crippen LogP contribution in [0.1, 0.15) is 17.3 Å². The Morgan fingerprint density at radius 2 is 1.79 bits per heavy atom. The molecule has 1 unspecified atom stereocenters. The van der Waals surface area contributed by atoms with Crippen molar-refractivity contribution in [1.82, 2.24) is 14.9 Å². The van der Waals surface area contributed by atoms with Crippen molar-refractivity contribution in [3.05, 3.63) is 29.8 Å². The Hall–Kier alpha value is -2.42. The molecule has 2 N–H and O–H groups in total. The quantitative estimate of drug-likeness (QED) is 0.559. The van der Waals surface area contributed by atoms with E-state index in [0.29, 0.717) is 0 Å². The van der Waals surface area contributed by atoms with Gasteiger partial charge in [0.15, 0.2) is 9.84 Å². The summed E-state index contributed by atoms with van der Waals surface area (Å²) in [4.78, 5) is 26.0. The van der Waals surface area contributed by atoms with E-state index in [1.165, 1.54) is 36.1 Å². The Balaban J connectivity index is 1.99. The molecule has 0 aromatic heterocycles. The van der Waals surface area contributed by atoms with Gasteiger partial charge in [0.2, 0.25) is 15.9 Å². The minimum absolute atomic E-state index is 0.0436. The molecule has 0 radical (unpaired) electrons. The SMILES string of the molecule is C#CCNS(=O)(=O)c1ccc(C(=O)NC(C)C(=O)N2CCS(=O)(=O)CC2)cc1. The molecule has 11 heteroatoms. The van der Waals surface area contributed by atoms with Crippen LogP contribution in [0.5, 0.6) is 0 Å². The smallest absolute Gasteiger partial charge is 0.251 e. The number of hydrogen-bond donors (Lipinski definition) is 2. The molecule has 1 fully saturated rings. The van der Waals surface area contributed by atoms with Gasteiger partial charge in [0.25, 0.3) is 5.91 Å². The zero-order chi connectivity index (χ0) is 20.9. The molecule has 1 aliphatic rings. The predicted octanol–water partition coefficient (Wildman–Crippen LogP) is -1.03. The number of rotatable bonds is 6. The molecule has 1 atom stereocenters. The molecule has 1 aromatic rings. The lowest BCUT2D eigenvalue weighted by molar-refractivity contribution is -0.132. The number of carbonyl (C=O) groups is 2. The van der Waals surface area contributed by atoms with Gasteiger partial charge in [-0.15, -0.1) is 6.42 Å². The first-order valence-corrected chi connectivity index (χ1v) is 11.7. The summed E-state index contributed by atoms with van der Waals surface area (Å²) in [6.45, 7) is 1.55. The van der Waals surface area contributed by atoms with Crippen LogP contribution in [0.2, 0.25) is 0 Å². The standard InChI is InChI=1S/C17H21N3O6S2/c1-3-8-18-28(25,26)15-6-4-14(5-7-15)16(21)19-13(2)17(22)20-9-11-27(23,24)12-10-20/h1,4-7,13,18H,8-12H2,2H3,(H,19,21). The van der Waals surface area contributed by atoms with Crippen LogP contribution in [0, 0.1) is 12.3 Å². The number of terminal acetylenes is 1. The van der Waals surface area contributed by atoms with Crippen LogP contribution in [0.15, 0.2) is 29.2 Å². The second-order valence-electron chi connectivity index (χ2n) is 6.23. The van der Waals surface area contributed by atoms with E-state index in [2.05, 4.69) is 16.0 Å². The van der Waals surface area contributed by atoms with E-state index in [9.17, 15) is 26.4 Å². The van der Waals surface area contributed by atoms with Crippen molar-refractivity contribution in [3.8, 4) is 12.3 Å². The molecule has 0 aliphatic carbocycles. The molecule has 28 heavy (non-hydrogen) atoms. The summed E-state index contributed by atoms with van der Waals surface area (Å²) in [7, 11) is -6.87. The maximum Gasteiger partial charge on any atom is 0.251 e. The second kappa shape index (κ2) is 8.72. The van der Waals surface area contributed by atoms with Gasteiger partial charge in [0, 0.05) is 18.7 Å². The topological polar surface area (TPSA) is 130 Å². The van der Waals surface area contributed by atoms with E-state index in [0.717, 1.165) is 0 Å². The normalized spacial score (nSPS) is 17.4. The Bertz CT molecular complexity index is 980. The number of nitrogens with one attached hydrogen (secondary N) is 2. The average Bonchev–Trinajstić information content (AvgIpc) is 2.66. The Kier molecular flexibility index (Phi) is 6.82. The van der Waals surface area contributed by atoms with Crippen molar-refractivity contribution in [2.45, 2.75) is 17.9 Å². The molecule has 2 rings (SSSR count). The van der Waals surface area contributed by atoms with Crippen molar-refractivity contribution in [1.29, 1.82) is 0 Å². The van der Waals surface area contributed by atoms with Gasteiger partial charge in [0.05, 0.1) is 22.9 Å². The molecule has 1 aromatic carbocycles. The fourth-order valence-corrected chi connectivity index (χ4v) is 4.69. The van der Waals surface area contributed by atoms with E-state index in [1.807, 2.05) is 0 Å². The fraction of sp³-hybridized carbons (Fsp3) is 0.412. The summed E-state index contributed by atoms with van der Waals surface area (Å²) >= 11 is 0. The monoisotopic (exact) mass is 427 g/mol. The minimum Gasteiger partial charge on any atom is -0.341 e. The molecule has 9 nitrogen and oxygen atoms in total. The lowest BCUT2D eigenvalue weighted by Gasteiger charge is -2.29. The fourth-order valence-electron chi connectivity index (χ4n) is 2.55. The largest absolute Gasteiger partial charge is 0.341 e. The average molecular weight is 428 g/mol. The van der Waals surface area contributed by atoms with Gasteiger partial charge in [-0.1, -0.05) is 5.92 Å².